The number of benzene rings is 1. The first-order valence-corrected chi connectivity index (χ1v) is 11.5. The maximum absolute atomic E-state index is 13.2. The number of likely N-dealkylation sites (tertiary alicyclic amines) is 1. The fourth-order valence-electron chi connectivity index (χ4n) is 4.82. The van der Waals surface area contributed by atoms with Crippen LogP contribution in [0.1, 0.15) is 24.4 Å². The lowest BCUT2D eigenvalue weighted by Crippen LogP contribution is -2.55. The van der Waals surface area contributed by atoms with Gasteiger partial charge in [-0.15, -0.1) is 0 Å². The zero-order valence-corrected chi connectivity index (χ0v) is 19.1. The van der Waals surface area contributed by atoms with Crippen LogP contribution in [-0.2, 0) is 9.53 Å². The first kappa shape index (κ1) is 22.7. The SMILES string of the molecule is COc1ccc(OC)c(C2CCCN2C(=O)CN2CCN(C(=O)N3CCOCC3)CC2)c1. The number of amides is 3. The fraction of sp³-hybridized carbons (Fsp3) is 0.652. The van der Waals surface area contributed by atoms with Gasteiger partial charge in [-0.2, -0.15) is 0 Å². The van der Waals surface area contributed by atoms with Gasteiger partial charge < -0.3 is 28.9 Å². The molecule has 3 fully saturated rings. The molecule has 0 spiro atoms. The number of carbonyl (C=O) groups is 2. The van der Waals surface area contributed by atoms with Crippen LogP contribution in [-0.4, -0.2) is 111 Å². The minimum atomic E-state index is -0.00302. The van der Waals surface area contributed by atoms with Crippen molar-refractivity contribution in [3.8, 4) is 11.5 Å². The van der Waals surface area contributed by atoms with E-state index in [1.165, 1.54) is 0 Å². The van der Waals surface area contributed by atoms with Crippen LogP contribution in [0.2, 0.25) is 0 Å². The number of methoxy groups -OCH3 is 2. The van der Waals surface area contributed by atoms with Crippen molar-refractivity contribution >= 4 is 11.9 Å². The first-order chi connectivity index (χ1) is 15.6. The summed E-state index contributed by atoms with van der Waals surface area (Å²) in [6, 6.07) is 5.84. The highest BCUT2D eigenvalue weighted by Gasteiger charge is 2.34. The number of carbonyl (C=O) groups excluding carboxylic acids is 2. The van der Waals surface area contributed by atoms with E-state index in [0.29, 0.717) is 59.0 Å². The normalized spacial score (nSPS) is 22.2. The lowest BCUT2D eigenvalue weighted by molar-refractivity contribution is -0.133. The Bertz CT molecular complexity index is 806. The van der Waals surface area contributed by atoms with E-state index in [1.54, 1.807) is 14.2 Å². The van der Waals surface area contributed by atoms with Gasteiger partial charge in [-0.05, 0) is 31.0 Å². The minimum absolute atomic E-state index is 0.00302. The molecule has 32 heavy (non-hydrogen) atoms. The Balaban J connectivity index is 1.33. The van der Waals surface area contributed by atoms with Gasteiger partial charge in [-0.1, -0.05) is 0 Å². The van der Waals surface area contributed by atoms with Crippen LogP contribution in [0.3, 0.4) is 0 Å². The second-order valence-electron chi connectivity index (χ2n) is 8.50. The summed E-state index contributed by atoms with van der Waals surface area (Å²) in [6.07, 6.45) is 1.88. The molecule has 0 N–H and O–H groups in total. The summed E-state index contributed by atoms with van der Waals surface area (Å²) in [5, 5.41) is 0. The fourth-order valence-corrected chi connectivity index (χ4v) is 4.82. The number of urea groups is 1. The Kier molecular flexibility index (Phi) is 7.36. The highest BCUT2D eigenvalue weighted by Crippen LogP contribution is 2.39. The van der Waals surface area contributed by atoms with Crippen molar-refractivity contribution in [2.45, 2.75) is 18.9 Å². The molecule has 1 aromatic carbocycles. The van der Waals surface area contributed by atoms with E-state index in [4.69, 9.17) is 14.2 Å². The van der Waals surface area contributed by atoms with E-state index in [-0.39, 0.29) is 18.0 Å². The molecule has 0 saturated carbocycles. The van der Waals surface area contributed by atoms with E-state index in [2.05, 4.69) is 4.90 Å². The van der Waals surface area contributed by atoms with Crippen LogP contribution in [0.5, 0.6) is 11.5 Å². The van der Waals surface area contributed by atoms with Gasteiger partial charge in [-0.25, -0.2) is 4.79 Å². The number of hydrogen-bond donors (Lipinski definition) is 0. The highest BCUT2D eigenvalue weighted by molar-refractivity contribution is 5.79. The Morgan fingerprint density at radius 3 is 2.38 bits per heavy atom. The van der Waals surface area contributed by atoms with Gasteiger partial charge in [0.05, 0.1) is 40.0 Å². The molecule has 1 unspecified atom stereocenters. The minimum Gasteiger partial charge on any atom is -0.497 e. The maximum Gasteiger partial charge on any atom is 0.320 e. The van der Waals surface area contributed by atoms with E-state index in [9.17, 15) is 9.59 Å². The van der Waals surface area contributed by atoms with Crippen molar-refractivity contribution in [1.29, 1.82) is 0 Å². The smallest absolute Gasteiger partial charge is 0.320 e. The second kappa shape index (κ2) is 10.4. The van der Waals surface area contributed by atoms with Gasteiger partial charge in [0.25, 0.3) is 0 Å². The lowest BCUT2D eigenvalue weighted by atomic mass is 10.0. The van der Waals surface area contributed by atoms with Gasteiger partial charge in [-0.3, -0.25) is 9.69 Å². The van der Waals surface area contributed by atoms with E-state index in [0.717, 1.165) is 36.4 Å². The summed E-state index contributed by atoms with van der Waals surface area (Å²) in [6.45, 7) is 6.37. The summed E-state index contributed by atoms with van der Waals surface area (Å²) in [5.41, 5.74) is 0.999. The monoisotopic (exact) mass is 446 g/mol. The van der Waals surface area contributed by atoms with Crippen molar-refractivity contribution in [3.05, 3.63) is 23.8 Å². The zero-order valence-electron chi connectivity index (χ0n) is 19.1. The number of rotatable bonds is 5. The molecule has 0 aliphatic carbocycles. The molecule has 0 radical (unpaired) electrons. The Morgan fingerprint density at radius 1 is 0.969 bits per heavy atom. The second-order valence-corrected chi connectivity index (χ2v) is 8.50. The molecule has 3 saturated heterocycles. The van der Waals surface area contributed by atoms with Gasteiger partial charge in [0.15, 0.2) is 0 Å². The average Bonchev–Trinajstić information content (AvgIpc) is 3.34. The Labute approximate surface area is 189 Å². The standard InChI is InChI=1S/C23H34N4O5/c1-30-18-5-6-21(31-2)19(16-18)20-4-3-7-27(20)22(28)17-24-8-10-25(11-9-24)23(29)26-12-14-32-15-13-26/h5-6,16,20H,3-4,7-15,17H2,1-2H3. The molecular formula is C23H34N4O5. The van der Waals surface area contributed by atoms with E-state index in [1.807, 2.05) is 32.9 Å². The molecular weight excluding hydrogens is 412 g/mol. The molecule has 9 nitrogen and oxygen atoms in total. The lowest BCUT2D eigenvalue weighted by Gasteiger charge is -2.39. The summed E-state index contributed by atoms with van der Waals surface area (Å²) >= 11 is 0. The summed E-state index contributed by atoms with van der Waals surface area (Å²) < 4.78 is 16.3. The van der Waals surface area contributed by atoms with Crippen molar-refractivity contribution in [1.82, 2.24) is 19.6 Å². The van der Waals surface area contributed by atoms with Gasteiger partial charge in [0.1, 0.15) is 11.5 Å². The third-order valence-corrected chi connectivity index (χ3v) is 6.65. The number of ether oxygens (including phenoxy) is 3. The summed E-state index contributed by atoms with van der Waals surface area (Å²) in [5.74, 6) is 1.68. The van der Waals surface area contributed by atoms with Crippen molar-refractivity contribution < 1.29 is 23.8 Å². The molecule has 0 bridgehead atoms. The largest absolute Gasteiger partial charge is 0.497 e. The summed E-state index contributed by atoms with van der Waals surface area (Å²) in [4.78, 5) is 33.8. The van der Waals surface area contributed by atoms with E-state index >= 15 is 0 Å². The molecule has 3 heterocycles. The molecule has 3 aliphatic heterocycles. The third-order valence-electron chi connectivity index (χ3n) is 6.65. The predicted octanol–water partition coefficient (Wildman–Crippen LogP) is 1.44. The summed E-state index contributed by atoms with van der Waals surface area (Å²) in [7, 11) is 3.30. The Morgan fingerprint density at radius 2 is 1.69 bits per heavy atom. The average molecular weight is 447 g/mol. The Hall–Kier alpha value is -2.52. The van der Waals surface area contributed by atoms with Gasteiger partial charge in [0.2, 0.25) is 5.91 Å². The van der Waals surface area contributed by atoms with Gasteiger partial charge >= 0.3 is 6.03 Å². The molecule has 3 aliphatic rings. The van der Waals surface area contributed by atoms with Crippen LogP contribution in [0, 0.1) is 0 Å². The van der Waals surface area contributed by atoms with Crippen molar-refractivity contribution in [2.75, 3.05) is 79.8 Å². The zero-order chi connectivity index (χ0) is 22.5. The molecule has 176 valence electrons. The van der Waals surface area contributed by atoms with Crippen molar-refractivity contribution in [3.63, 3.8) is 0 Å². The van der Waals surface area contributed by atoms with Crippen LogP contribution < -0.4 is 9.47 Å². The van der Waals surface area contributed by atoms with Crippen LogP contribution >= 0.6 is 0 Å². The van der Waals surface area contributed by atoms with Crippen molar-refractivity contribution in [2.24, 2.45) is 0 Å². The molecule has 0 aromatic heterocycles. The number of hydrogen-bond acceptors (Lipinski definition) is 6. The molecule has 9 heteroatoms. The van der Waals surface area contributed by atoms with Crippen LogP contribution in [0.25, 0.3) is 0 Å². The number of piperazine rings is 1. The topological polar surface area (TPSA) is 74.8 Å². The predicted molar refractivity (Wildman–Crippen MR) is 119 cm³/mol. The van der Waals surface area contributed by atoms with Crippen LogP contribution in [0.4, 0.5) is 4.79 Å². The van der Waals surface area contributed by atoms with Gasteiger partial charge in [0, 0.05) is 51.4 Å². The molecule has 1 aromatic rings. The van der Waals surface area contributed by atoms with Crippen LogP contribution in [0.15, 0.2) is 18.2 Å². The first-order valence-electron chi connectivity index (χ1n) is 11.5. The highest BCUT2D eigenvalue weighted by atomic mass is 16.5. The molecule has 4 rings (SSSR count). The number of morpholine rings is 1. The number of nitrogens with zero attached hydrogens (tertiary/aromatic N) is 4. The molecule has 1 atom stereocenters. The quantitative estimate of drug-likeness (QED) is 0.682. The third kappa shape index (κ3) is 4.94. The van der Waals surface area contributed by atoms with E-state index < -0.39 is 0 Å². The maximum atomic E-state index is 13.2. The molecule has 3 amide bonds.